The molecule has 0 heterocycles. The number of thioether (sulfide) groups is 1. The predicted molar refractivity (Wildman–Crippen MR) is 112 cm³/mol. The second-order valence-electron chi connectivity index (χ2n) is 5.93. The van der Waals surface area contributed by atoms with Crippen LogP contribution in [-0.2, 0) is 4.79 Å². The van der Waals surface area contributed by atoms with Crippen LogP contribution in [0.2, 0.25) is 0 Å². The standard InChI is InChI=1S/C20H28BrNOS/c1-5-9-19(23)20(7-3,12-6-2)24-14-8-13-22-18-11-10-17(21)15-16(18)4/h8,10-11,13-15H,5-7,9,12H2,1-4H3/b14-8+,22-13-. The zero-order valence-corrected chi connectivity index (χ0v) is 17.5. The first-order chi connectivity index (χ1) is 11.5. The largest absolute Gasteiger partial charge is 0.298 e. The fourth-order valence-electron chi connectivity index (χ4n) is 2.67. The second-order valence-corrected chi connectivity index (χ2v) is 8.13. The van der Waals surface area contributed by atoms with E-state index < -0.39 is 0 Å². The van der Waals surface area contributed by atoms with Gasteiger partial charge in [-0.1, -0.05) is 43.1 Å². The molecular weight excluding hydrogens is 382 g/mol. The van der Waals surface area contributed by atoms with Crippen molar-refractivity contribution in [3.63, 3.8) is 0 Å². The lowest BCUT2D eigenvalue weighted by atomic mass is 9.92. The highest BCUT2D eigenvalue weighted by molar-refractivity contribution is 9.10. The van der Waals surface area contributed by atoms with Crippen LogP contribution in [0.25, 0.3) is 0 Å². The second kappa shape index (κ2) is 10.9. The number of carbonyl (C=O) groups is 1. The SMILES string of the molecule is CCCC(=O)C(CC)(CCC)S/C=C/C=N\c1ccc(Br)cc1C. The van der Waals surface area contributed by atoms with Crippen LogP contribution in [-0.4, -0.2) is 16.7 Å². The Balaban J connectivity index is 2.76. The van der Waals surface area contributed by atoms with E-state index in [1.165, 1.54) is 0 Å². The summed E-state index contributed by atoms with van der Waals surface area (Å²) in [5, 5.41) is 2.02. The third-order valence-corrected chi connectivity index (χ3v) is 6.00. The molecule has 1 rings (SSSR count). The molecule has 0 aliphatic heterocycles. The van der Waals surface area contributed by atoms with Crippen molar-refractivity contribution in [3.05, 3.63) is 39.7 Å². The van der Waals surface area contributed by atoms with E-state index in [0.717, 1.165) is 41.4 Å². The molecule has 0 aromatic heterocycles. The number of hydrogen-bond donors (Lipinski definition) is 0. The maximum absolute atomic E-state index is 12.6. The average Bonchev–Trinajstić information content (AvgIpc) is 2.55. The summed E-state index contributed by atoms with van der Waals surface area (Å²) in [5.74, 6) is 0.379. The first-order valence-corrected chi connectivity index (χ1v) is 10.3. The van der Waals surface area contributed by atoms with Crippen LogP contribution >= 0.6 is 27.7 Å². The van der Waals surface area contributed by atoms with Gasteiger partial charge >= 0.3 is 0 Å². The fraction of sp³-hybridized carbons (Fsp3) is 0.500. The lowest BCUT2D eigenvalue weighted by Gasteiger charge is -2.29. The number of halogens is 1. The fourth-order valence-corrected chi connectivity index (χ4v) is 4.28. The van der Waals surface area contributed by atoms with Gasteiger partial charge in [0, 0.05) is 17.1 Å². The molecule has 1 atom stereocenters. The van der Waals surface area contributed by atoms with Crippen molar-refractivity contribution < 1.29 is 4.79 Å². The quantitative estimate of drug-likeness (QED) is 0.388. The van der Waals surface area contributed by atoms with Crippen LogP contribution < -0.4 is 0 Å². The Hall–Kier alpha value is -0.870. The van der Waals surface area contributed by atoms with Crippen LogP contribution in [0.5, 0.6) is 0 Å². The minimum atomic E-state index is -0.275. The van der Waals surface area contributed by atoms with Crippen LogP contribution in [0, 0.1) is 6.92 Å². The van der Waals surface area contributed by atoms with Crippen molar-refractivity contribution in [3.8, 4) is 0 Å². The van der Waals surface area contributed by atoms with Gasteiger partial charge in [-0.25, -0.2) is 0 Å². The van der Waals surface area contributed by atoms with Crippen LogP contribution in [0.15, 0.2) is 39.1 Å². The molecule has 0 saturated carbocycles. The normalized spacial score (nSPS) is 14.4. The smallest absolute Gasteiger partial charge is 0.149 e. The van der Waals surface area contributed by atoms with E-state index in [-0.39, 0.29) is 4.75 Å². The first-order valence-electron chi connectivity index (χ1n) is 8.65. The molecule has 0 aliphatic carbocycles. The van der Waals surface area contributed by atoms with E-state index in [2.05, 4.69) is 47.8 Å². The van der Waals surface area contributed by atoms with Crippen LogP contribution in [0.3, 0.4) is 0 Å². The summed E-state index contributed by atoms with van der Waals surface area (Å²) in [4.78, 5) is 17.0. The van der Waals surface area contributed by atoms with Gasteiger partial charge in [-0.05, 0) is 61.4 Å². The maximum atomic E-state index is 12.6. The average molecular weight is 410 g/mol. The van der Waals surface area contributed by atoms with Crippen molar-refractivity contribution in [2.75, 3.05) is 0 Å². The zero-order chi connectivity index (χ0) is 18.0. The van der Waals surface area contributed by atoms with Gasteiger partial charge in [0.25, 0.3) is 0 Å². The van der Waals surface area contributed by atoms with Gasteiger partial charge in [0.05, 0.1) is 10.4 Å². The monoisotopic (exact) mass is 409 g/mol. The van der Waals surface area contributed by atoms with Gasteiger partial charge in [-0.2, -0.15) is 0 Å². The minimum Gasteiger partial charge on any atom is -0.298 e. The van der Waals surface area contributed by atoms with Crippen LogP contribution in [0.1, 0.15) is 58.4 Å². The van der Waals surface area contributed by atoms with E-state index in [9.17, 15) is 4.79 Å². The molecule has 0 bridgehead atoms. The molecule has 2 nitrogen and oxygen atoms in total. The topological polar surface area (TPSA) is 29.4 Å². The molecular formula is C20H28BrNOS. The molecule has 0 spiro atoms. The molecule has 0 N–H and O–H groups in total. The Morgan fingerprint density at radius 1 is 1.29 bits per heavy atom. The van der Waals surface area contributed by atoms with Crippen molar-refractivity contribution in [2.24, 2.45) is 4.99 Å². The molecule has 1 aromatic rings. The molecule has 1 aromatic carbocycles. The van der Waals surface area contributed by atoms with E-state index in [1.54, 1.807) is 18.0 Å². The molecule has 132 valence electrons. The molecule has 0 aliphatic rings. The Labute approximate surface area is 159 Å². The summed E-state index contributed by atoms with van der Waals surface area (Å²) in [6.45, 7) is 8.37. The van der Waals surface area contributed by atoms with Gasteiger partial charge in [0.1, 0.15) is 5.78 Å². The summed E-state index contributed by atoms with van der Waals surface area (Å²) in [5.41, 5.74) is 2.10. The van der Waals surface area contributed by atoms with E-state index in [1.807, 2.05) is 30.5 Å². The zero-order valence-electron chi connectivity index (χ0n) is 15.1. The molecule has 0 radical (unpaired) electrons. The van der Waals surface area contributed by atoms with E-state index in [0.29, 0.717) is 12.2 Å². The Kier molecular flexibility index (Phi) is 9.60. The number of allylic oxidation sites excluding steroid dienone is 1. The third kappa shape index (κ3) is 6.21. The summed E-state index contributed by atoms with van der Waals surface area (Å²) in [6, 6.07) is 6.04. The lowest BCUT2D eigenvalue weighted by Crippen LogP contribution is -2.33. The number of aliphatic imine (C=N–C) groups is 1. The molecule has 0 saturated heterocycles. The number of hydrogen-bond acceptors (Lipinski definition) is 3. The summed E-state index contributed by atoms with van der Waals surface area (Å²) in [6.07, 6.45) is 8.15. The Bertz CT molecular complexity index is 597. The van der Waals surface area contributed by atoms with Crippen LogP contribution in [0.4, 0.5) is 5.69 Å². The third-order valence-electron chi connectivity index (χ3n) is 4.04. The minimum absolute atomic E-state index is 0.275. The first kappa shape index (κ1) is 21.2. The lowest BCUT2D eigenvalue weighted by molar-refractivity contribution is -0.121. The number of carbonyl (C=O) groups excluding carboxylic acids is 1. The molecule has 0 amide bonds. The van der Waals surface area contributed by atoms with Gasteiger partial charge in [-0.3, -0.25) is 9.79 Å². The summed E-state index contributed by atoms with van der Waals surface area (Å²) >= 11 is 5.11. The van der Waals surface area contributed by atoms with Crippen molar-refractivity contribution in [1.29, 1.82) is 0 Å². The Morgan fingerprint density at radius 3 is 2.62 bits per heavy atom. The molecule has 24 heavy (non-hydrogen) atoms. The molecule has 0 fully saturated rings. The number of nitrogens with zero attached hydrogens (tertiary/aromatic N) is 1. The van der Waals surface area contributed by atoms with E-state index >= 15 is 0 Å². The number of ketones is 1. The van der Waals surface area contributed by atoms with Crippen molar-refractivity contribution >= 4 is 45.4 Å². The Morgan fingerprint density at radius 2 is 2.04 bits per heavy atom. The highest BCUT2D eigenvalue weighted by Gasteiger charge is 2.34. The highest BCUT2D eigenvalue weighted by Crippen LogP contribution is 2.37. The summed E-state index contributed by atoms with van der Waals surface area (Å²) in [7, 11) is 0. The van der Waals surface area contributed by atoms with E-state index in [4.69, 9.17) is 0 Å². The molecule has 4 heteroatoms. The van der Waals surface area contributed by atoms with Gasteiger partial charge in [-0.15, -0.1) is 11.8 Å². The number of benzene rings is 1. The summed E-state index contributed by atoms with van der Waals surface area (Å²) < 4.78 is 0.787. The molecule has 1 unspecified atom stereocenters. The predicted octanol–water partition coefficient (Wildman–Crippen LogP) is 7.02. The van der Waals surface area contributed by atoms with Crippen molar-refractivity contribution in [2.45, 2.75) is 64.5 Å². The number of Topliss-reactive ketones (excluding diaryl/α,β-unsaturated/α-hetero) is 1. The van der Waals surface area contributed by atoms with Gasteiger partial charge in [0.2, 0.25) is 0 Å². The van der Waals surface area contributed by atoms with Gasteiger partial charge in [0.15, 0.2) is 0 Å². The number of rotatable bonds is 10. The highest BCUT2D eigenvalue weighted by atomic mass is 79.9. The number of aryl methyl sites for hydroxylation is 1. The van der Waals surface area contributed by atoms with Gasteiger partial charge < -0.3 is 0 Å². The maximum Gasteiger partial charge on any atom is 0.149 e. The van der Waals surface area contributed by atoms with Crippen molar-refractivity contribution in [1.82, 2.24) is 0 Å².